The average molecular weight is 399 g/mol. The van der Waals surface area contributed by atoms with Gasteiger partial charge in [-0.05, 0) is 36.6 Å². The van der Waals surface area contributed by atoms with Gasteiger partial charge >= 0.3 is 0 Å². The third-order valence-electron chi connectivity index (χ3n) is 2.35. The molecule has 0 spiro atoms. The fraction of sp³-hybridized carbons (Fsp3) is 0.500. The van der Waals surface area contributed by atoms with E-state index >= 15 is 0 Å². The lowest BCUT2D eigenvalue weighted by atomic mass is 10.1. The molecule has 1 unspecified atom stereocenters. The van der Waals surface area contributed by atoms with Crippen LogP contribution in [0, 0.1) is 5.92 Å². The first-order chi connectivity index (χ1) is 8.31. The summed E-state index contributed by atoms with van der Waals surface area (Å²) in [6, 6.07) is 6.60. The lowest BCUT2D eigenvalue weighted by Gasteiger charge is -2.13. The minimum absolute atomic E-state index is 0.155. The van der Waals surface area contributed by atoms with Gasteiger partial charge in [0, 0.05) is 15.8 Å². The molecule has 0 aromatic heterocycles. The van der Waals surface area contributed by atoms with Crippen LogP contribution < -0.4 is 4.72 Å². The molecule has 0 heterocycles. The molecular weight excluding hydrogens is 382 g/mol. The second-order valence-electron chi connectivity index (χ2n) is 4.53. The zero-order valence-electron chi connectivity index (χ0n) is 10.4. The van der Waals surface area contributed by atoms with Crippen molar-refractivity contribution in [2.45, 2.75) is 30.0 Å². The van der Waals surface area contributed by atoms with Crippen LogP contribution >= 0.6 is 31.9 Å². The molecule has 3 nitrogen and oxygen atoms in total. The van der Waals surface area contributed by atoms with Crippen molar-refractivity contribution in [3.05, 3.63) is 28.7 Å². The minimum Gasteiger partial charge on any atom is -0.210 e. The van der Waals surface area contributed by atoms with Crippen LogP contribution in [0.1, 0.15) is 20.3 Å². The van der Waals surface area contributed by atoms with Gasteiger partial charge in [-0.25, -0.2) is 13.1 Å². The highest BCUT2D eigenvalue weighted by molar-refractivity contribution is 9.10. The summed E-state index contributed by atoms with van der Waals surface area (Å²) in [5, 5.41) is 0. The highest BCUT2D eigenvalue weighted by atomic mass is 79.9. The number of rotatable bonds is 6. The molecule has 0 amide bonds. The van der Waals surface area contributed by atoms with Gasteiger partial charge < -0.3 is 0 Å². The van der Waals surface area contributed by atoms with Crippen molar-refractivity contribution in [3.63, 3.8) is 0 Å². The number of sulfonamides is 1. The van der Waals surface area contributed by atoms with E-state index in [9.17, 15) is 8.42 Å². The normalized spacial score (nSPS) is 13.8. The van der Waals surface area contributed by atoms with Gasteiger partial charge in [0.05, 0.1) is 4.90 Å². The van der Waals surface area contributed by atoms with Crippen molar-refractivity contribution < 1.29 is 8.42 Å². The van der Waals surface area contributed by atoms with E-state index in [0.29, 0.717) is 12.5 Å². The quantitative estimate of drug-likeness (QED) is 0.745. The number of alkyl halides is 1. The Morgan fingerprint density at radius 3 is 2.28 bits per heavy atom. The Kier molecular flexibility index (Phi) is 6.30. The van der Waals surface area contributed by atoms with Crippen LogP contribution in [0.2, 0.25) is 0 Å². The van der Waals surface area contributed by atoms with Crippen molar-refractivity contribution in [3.8, 4) is 0 Å². The SMILES string of the molecule is CC(C)CC(Br)CNS(=O)(=O)c1ccc(Br)cc1. The molecule has 1 aromatic carbocycles. The zero-order chi connectivity index (χ0) is 13.8. The molecule has 1 atom stereocenters. The highest BCUT2D eigenvalue weighted by Gasteiger charge is 2.16. The van der Waals surface area contributed by atoms with Gasteiger partial charge in [0.1, 0.15) is 0 Å². The molecule has 0 aliphatic carbocycles. The van der Waals surface area contributed by atoms with E-state index < -0.39 is 10.0 Å². The fourth-order valence-corrected chi connectivity index (χ4v) is 3.96. The molecule has 0 bridgehead atoms. The summed E-state index contributed by atoms with van der Waals surface area (Å²) in [5.74, 6) is 0.534. The van der Waals surface area contributed by atoms with Crippen LogP contribution in [0.4, 0.5) is 0 Å². The van der Waals surface area contributed by atoms with E-state index in [0.717, 1.165) is 10.9 Å². The van der Waals surface area contributed by atoms with E-state index in [1.54, 1.807) is 24.3 Å². The van der Waals surface area contributed by atoms with Gasteiger partial charge in [-0.3, -0.25) is 0 Å². The van der Waals surface area contributed by atoms with Crippen LogP contribution in [0.15, 0.2) is 33.6 Å². The number of halogens is 2. The van der Waals surface area contributed by atoms with E-state index in [4.69, 9.17) is 0 Å². The number of nitrogens with one attached hydrogen (secondary N) is 1. The first kappa shape index (κ1) is 16.1. The molecule has 0 saturated carbocycles. The van der Waals surface area contributed by atoms with E-state index in [2.05, 4.69) is 50.4 Å². The van der Waals surface area contributed by atoms with E-state index in [1.807, 2.05) is 0 Å². The maximum atomic E-state index is 12.0. The Morgan fingerprint density at radius 2 is 1.78 bits per heavy atom. The van der Waals surface area contributed by atoms with E-state index in [1.165, 1.54) is 0 Å². The summed E-state index contributed by atoms with van der Waals surface area (Å²) in [6.45, 7) is 4.62. The third kappa shape index (κ3) is 5.38. The molecule has 0 fully saturated rings. The first-order valence-corrected chi connectivity index (χ1v) is 8.89. The lowest BCUT2D eigenvalue weighted by Crippen LogP contribution is -2.30. The van der Waals surface area contributed by atoms with Gasteiger partial charge in [-0.2, -0.15) is 0 Å². The van der Waals surface area contributed by atoms with Gasteiger partial charge in [-0.1, -0.05) is 45.7 Å². The van der Waals surface area contributed by atoms with Crippen molar-refractivity contribution in [1.82, 2.24) is 4.72 Å². The second kappa shape index (κ2) is 7.03. The predicted octanol–water partition coefficient (Wildman–Crippen LogP) is 3.54. The molecule has 0 saturated heterocycles. The molecular formula is C12H17Br2NO2S. The molecule has 0 aliphatic heterocycles. The molecule has 0 radical (unpaired) electrons. The van der Waals surface area contributed by atoms with Gasteiger partial charge in [0.25, 0.3) is 0 Å². The Balaban J connectivity index is 2.63. The topological polar surface area (TPSA) is 46.2 Å². The largest absolute Gasteiger partial charge is 0.240 e. The Labute approximate surface area is 126 Å². The highest BCUT2D eigenvalue weighted by Crippen LogP contribution is 2.16. The molecule has 1 aromatic rings. The summed E-state index contributed by atoms with van der Waals surface area (Å²) in [5.41, 5.74) is 0. The zero-order valence-corrected chi connectivity index (χ0v) is 14.3. The third-order valence-corrected chi connectivity index (χ3v) is 5.01. The standard InChI is InChI=1S/C12H17Br2NO2S/c1-9(2)7-11(14)8-15-18(16,17)12-5-3-10(13)4-6-12/h3-6,9,11,15H,7-8H2,1-2H3. The predicted molar refractivity (Wildman–Crippen MR) is 81.5 cm³/mol. The number of hydrogen-bond donors (Lipinski definition) is 1. The molecule has 102 valence electrons. The van der Waals surface area contributed by atoms with Crippen LogP contribution in [0.3, 0.4) is 0 Å². The number of benzene rings is 1. The van der Waals surface area contributed by atoms with Crippen LogP contribution in [0.25, 0.3) is 0 Å². The smallest absolute Gasteiger partial charge is 0.210 e. The average Bonchev–Trinajstić information content (AvgIpc) is 2.26. The van der Waals surface area contributed by atoms with Crippen molar-refractivity contribution in [1.29, 1.82) is 0 Å². The number of hydrogen-bond acceptors (Lipinski definition) is 2. The van der Waals surface area contributed by atoms with Crippen LogP contribution in [-0.2, 0) is 10.0 Å². The molecule has 0 aliphatic rings. The summed E-state index contributed by atoms with van der Waals surface area (Å²) in [4.78, 5) is 0.442. The Hall–Kier alpha value is 0.0900. The summed E-state index contributed by atoms with van der Waals surface area (Å²) in [6.07, 6.45) is 0.933. The lowest BCUT2D eigenvalue weighted by molar-refractivity contribution is 0.551. The van der Waals surface area contributed by atoms with Crippen LogP contribution in [0.5, 0.6) is 0 Å². The fourth-order valence-electron chi connectivity index (χ4n) is 1.49. The van der Waals surface area contributed by atoms with Crippen LogP contribution in [-0.4, -0.2) is 19.8 Å². The Bertz CT molecular complexity index is 471. The van der Waals surface area contributed by atoms with E-state index in [-0.39, 0.29) is 9.72 Å². The summed E-state index contributed by atoms with van der Waals surface area (Å²) >= 11 is 6.76. The molecule has 18 heavy (non-hydrogen) atoms. The van der Waals surface area contributed by atoms with Crippen molar-refractivity contribution in [2.75, 3.05) is 6.54 Å². The van der Waals surface area contributed by atoms with Gasteiger partial charge in [-0.15, -0.1) is 0 Å². The summed E-state index contributed by atoms with van der Waals surface area (Å²) in [7, 11) is -3.41. The molecule has 1 rings (SSSR count). The maximum Gasteiger partial charge on any atom is 0.240 e. The molecule has 1 N–H and O–H groups in total. The summed E-state index contributed by atoms with van der Waals surface area (Å²) < 4.78 is 27.4. The van der Waals surface area contributed by atoms with Gasteiger partial charge in [0.2, 0.25) is 10.0 Å². The Morgan fingerprint density at radius 1 is 1.22 bits per heavy atom. The second-order valence-corrected chi connectivity index (χ2v) is 8.51. The first-order valence-electron chi connectivity index (χ1n) is 5.70. The van der Waals surface area contributed by atoms with Crippen molar-refractivity contribution in [2.24, 2.45) is 5.92 Å². The van der Waals surface area contributed by atoms with Gasteiger partial charge in [0.15, 0.2) is 0 Å². The monoisotopic (exact) mass is 397 g/mol. The minimum atomic E-state index is -3.41. The van der Waals surface area contributed by atoms with Crippen molar-refractivity contribution >= 4 is 41.9 Å². The molecule has 6 heteroatoms. The maximum absolute atomic E-state index is 12.0.